The van der Waals surface area contributed by atoms with Crippen molar-refractivity contribution in [3.8, 4) is 0 Å². The van der Waals surface area contributed by atoms with Crippen LogP contribution < -0.4 is 0 Å². The summed E-state index contributed by atoms with van der Waals surface area (Å²) in [6, 6.07) is 0. The fraction of sp³-hybridized carbons (Fsp3) is 0.857. The van der Waals surface area contributed by atoms with Crippen molar-refractivity contribution >= 4 is 29.3 Å². The first-order valence-corrected chi connectivity index (χ1v) is 11.8. The Morgan fingerprint density at radius 3 is 1.55 bits per heavy atom. The first-order chi connectivity index (χ1) is 9.41. The highest BCUT2D eigenvalue weighted by molar-refractivity contribution is 6.65. The fourth-order valence-corrected chi connectivity index (χ4v) is 7.00. The number of hydrogen-bond donors (Lipinski definition) is 0. The summed E-state index contributed by atoms with van der Waals surface area (Å²) >= 11 is 0. The molecule has 0 N–H and O–H groups in total. The van der Waals surface area contributed by atoms with Gasteiger partial charge in [-0.25, -0.2) is 0 Å². The van der Waals surface area contributed by atoms with Crippen molar-refractivity contribution in [2.45, 2.75) is 41.5 Å². The molecule has 0 aromatic rings. The molecule has 0 rings (SSSR count). The van der Waals surface area contributed by atoms with Crippen molar-refractivity contribution in [1.29, 1.82) is 0 Å². The zero-order valence-electron chi connectivity index (χ0n) is 14.3. The van der Waals surface area contributed by atoms with Crippen LogP contribution in [0.1, 0.15) is 41.5 Å². The molecule has 0 aliphatic carbocycles. The molecule has 0 aromatic heterocycles. The minimum Gasteiger partial charge on any atom is -0.419 e. The van der Waals surface area contributed by atoms with Crippen LogP contribution in [0.15, 0.2) is 10.5 Å². The summed E-state index contributed by atoms with van der Waals surface area (Å²) in [6.45, 7) is 15.8. The van der Waals surface area contributed by atoms with Gasteiger partial charge in [-0.05, 0) is 17.8 Å². The van der Waals surface area contributed by atoms with E-state index in [9.17, 15) is 0 Å². The van der Waals surface area contributed by atoms with Crippen LogP contribution in [0.5, 0.6) is 0 Å². The Labute approximate surface area is 132 Å². The van der Waals surface area contributed by atoms with Gasteiger partial charge in [0.1, 0.15) is 0 Å². The van der Waals surface area contributed by atoms with E-state index in [1.807, 2.05) is 0 Å². The lowest BCUT2D eigenvalue weighted by Crippen LogP contribution is -2.18. The van der Waals surface area contributed by atoms with Crippen LogP contribution >= 0.6 is 0 Å². The monoisotopic (exact) mass is 334 g/mol. The van der Waals surface area contributed by atoms with Gasteiger partial charge >= 0.3 is 0 Å². The molecule has 0 aromatic carbocycles. The lowest BCUT2D eigenvalue weighted by Gasteiger charge is -2.12. The largest absolute Gasteiger partial charge is 0.419 e. The molecule has 0 unspecified atom stereocenters. The summed E-state index contributed by atoms with van der Waals surface area (Å²) in [5.74, 6) is 1.87. The van der Waals surface area contributed by atoms with E-state index < -0.39 is 29.3 Å². The van der Waals surface area contributed by atoms with E-state index in [2.05, 4.69) is 47.2 Å². The van der Waals surface area contributed by atoms with E-state index >= 15 is 0 Å². The van der Waals surface area contributed by atoms with Crippen LogP contribution in [-0.4, -0.2) is 49.1 Å². The molecule has 6 heteroatoms. The molecule has 120 valence electrons. The Bertz CT molecular complexity index is 240. The Hall–Kier alpha value is 0.271. The van der Waals surface area contributed by atoms with Gasteiger partial charge in [0.05, 0.1) is 0 Å². The highest BCUT2D eigenvalue weighted by Crippen LogP contribution is 1.99. The molecule has 0 aliphatic heterocycles. The summed E-state index contributed by atoms with van der Waals surface area (Å²) in [6.07, 6.45) is 0. The van der Waals surface area contributed by atoms with Crippen LogP contribution in [0.25, 0.3) is 0 Å². The molecular weight excluding hydrogens is 300 g/mol. The van der Waals surface area contributed by atoms with Crippen molar-refractivity contribution in [3.63, 3.8) is 0 Å². The Morgan fingerprint density at radius 1 is 0.750 bits per heavy atom. The smallest absolute Gasteiger partial charge is 0.185 e. The van der Waals surface area contributed by atoms with Gasteiger partial charge in [-0.3, -0.25) is 0 Å². The maximum absolute atomic E-state index is 5.88. The molecule has 0 saturated heterocycles. The van der Waals surface area contributed by atoms with E-state index in [1.54, 1.807) is 0 Å². The molecule has 0 saturated carbocycles. The van der Waals surface area contributed by atoms with E-state index in [0.717, 1.165) is 19.8 Å². The predicted octanol–water partition coefficient (Wildman–Crippen LogP) is 1.05. The molecule has 0 aliphatic rings. The highest BCUT2D eigenvalue weighted by Gasteiger charge is 2.04. The van der Waals surface area contributed by atoms with Crippen molar-refractivity contribution in [3.05, 3.63) is 10.5 Å². The topological polar surface area (TPSA) is 27.7 Å². The summed E-state index contributed by atoms with van der Waals surface area (Å²) in [5.41, 5.74) is 2.36. The van der Waals surface area contributed by atoms with Gasteiger partial charge in [-0.2, -0.15) is 0 Å². The van der Waals surface area contributed by atoms with Crippen LogP contribution in [0.2, 0.25) is 0 Å². The molecule has 3 nitrogen and oxygen atoms in total. The Kier molecular flexibility index (Phi) is 13.1. The SMILES string of the molecule is CC(C)CO[SiH2]C=C([SiH2]OCC(C)C)[SiH2]OCC(C)C. The fourth-order valence-electron chi connectivity index (χ4n) is 1.49. The first kappa shape index (κ1) is 20.3. The van der Waals surface area contributed by atoms with Crippen LogP contribution in [0.3, 0.4) is 0 Å². The highest BCUT2D eigenvalue weighted by atomic mass is 28.3. The minimum atomic E-state index is -0.557. The van der Waals surface area contributed by atoms with Gasteiger partial charge in [0.25, 0.3) is 0 Å². The summed E-state index contributed by atoms with van der Waals surface area (Å²) in [7, 11) is -1.64. The molecule has 0 amide bonds. The average molecular weight is 335 g/mol. The third kappa shape index (κ3) is 14.7. The third-order valence-electron chi connectivity index (χ3n) is 2.42. The predicted molar refractivity (Wildman–Crippen MR) is 96.1 cm³/mol. The summed E-state index contributed by atoms with van der Waals surface area (Å²) in [5, 5.41) is 0. The van der Waals surface area contributed by atoms with Gasteiger partial charge in [0.15, 0.2) is 29.3 Å². The van der Waals surface area contributed by atoms with Crippen LogP contribution in [-0.2, 0) is 13.3 Å². The number of rotatable bonds is 12. The van der Waals surface area contributed by atoms with Crippen molar-refractivity contribution in [1.82, 2.24) is 0 Å². The standard InChI is InChI=1S/C14H34O3Si3/c1-11(2)7-15-18-10-14(19-16-8-12(3)4)20-17-9-13(5)6/h10-13H,7-9,18-20H2,1-6H3. The van der Waals surface area contributed by atoms with E-state index in [0.29, 0.717) is 17.8 Å². The van der Waals surface area contributed by atoms with Gasteiger partial charge in [0.2, 0.25) is 0 Å². The van der Waals surface area contributed by atoms with E-state index in [-0.39, 0.29) is 0 Å². The lowest BCUT2D eigenvalue weighted by molar-refractivity contribution is 0.280. The molecule has 0 bridgehead atoms. The van der Waals surface area contributed by atoms with Crippen molar-refractivity contribution in [2.75, 3.05) is 19.8 Å². The molecule has 0 fully saturated rings. The summed E-state index contributed by atoms with van der Waals surface area (Å²) in [4.78, 5) is 1.52. The normalized spacial score (nSPS) is 13.4. The summed E-state index contributed by atoms with van der Waals surface area (Å²) < 4.78 is 17.5. The lowest BCUT2D eigenvalue weighted by atomic mass is 10.2. The van der Waals surface area contributed by atoms with Crippen molar-refractivity contribution in [2.24, 2.45) is 17.8 Å². The molecule has 0 atom stereocenters. The second-order valence-electron chi connectivity index (χ2n) is 6.61. The zero-order chi connectivity index (χ0) is 15.4. The minimum absolute atomic E-state index is 0.526. The van der Waals surface area contributed by atoms with Gasteiger partial charge in [-0.15, -0.1) is 0 Å². The number of hydrogen-bond acceptors (Lipinski definition) is 3. The molecule has 0 spiro atoms. The first-order valence-electron chi connectivity index (χ1n) is 7.82. The van der Waals surface area contributed by atoms with Gasteiger partial charge < -0.3 is 13.3 Å². The zero-order valence-corrected chi connectivity index (χ0v) is 18.5. The van der Waals surface area contributed by atoms with Crippen molar-refractivity contribution < 1.29 is 13.3 Å². The van der Waals surface area contributed by atoms with Gasteiger partial charge in [0, 0.05) is 19.8 Å². The average Bonchev–Trinajstić information content (AvgIpc) is 2.32. The van der Waals surface area contributed by atoms with Crippen LogP contribution in [0.4, 0.5) is 0 Å². The maximum Gasteiger partial charge on any atom is 0.185 e. The molecule has 20 heavy (non-hydrogen) atoms. The third-order valence-corrected chi connectivity index (χ3v) is 8.21. The molecule has 0 heterocycles. The molecule has 0 radical (unpaired) electrons. The Morgan fingerprint density at radius 2 is 1.15 bits per heavy atom. The quantitative estimate of drug-likeness (QED) is 0.394. The maximum atomic E-state index is 5.88. The van der Waals surface area contributed by atoms with Crippen LogP contribution in [0, 0.1) is 17.8 Å². The van der Waals surface area contributed by atoms with E-state index in [1.165, 1.54) is 4.82 Å². The second kappa shape index (κ2) is 13.0. The molecular formula is C14H34O3Si3. The second-order valence-corrected chi connectivity index (χ2v) is 12.0. The van der Waals surface area contributed by atoms with E-state index in [4.69, 9.17) is 13.3 Å². The Balaban J connectivity index is 4.05. The van der Waals surface area contributed by atoms with Gasteiger partial charge in [-0.1, -0.05) is 52.1 Å².